The Bertz CT molecular complexity index is 461. The van der Waals surface area contributed by atoms with Crippen molar-refractivity contribution in [2.24, 2.45) is 5.92 Å². The molecule has 1 aromatic carbocycles. The Balaban J connectivity index is 2.67. The third kappa shape index (κ3) is 5.19. The topological polar surface area (TPSA) is 86.6 Å². The Morgan fingerprint density at radius 1 is 1.24 bits per heavy atom. The molecule has 3 N–H and O–H groups in total. The van der Waals surface area contributed by atoms with Crippen LogP contribution in [0.15, 0.2) is 30.3 Å². The van der Waals surface area contributed by atoms with Crippen LogP contribution in [-0.2, 0) is 9.59 Å². The molecule has 5 heteroatoms. The van der Waals surface area contributed by atoms with Gasteiger partial charge in [-0.25, -0.2) is 4.79 Å². The van der Waals surface area contributed by atoms with Crippen LogP contribution in [0.3, 0.4) is 0 Å². The van der Waals surface area contributed by atoms with Gasteiger partial charge in [-0.15, -0.1) is 0 Å². The Morgan fingerprint density at radius 3 is 2.38 bits per heavy atom. The molecule has 0 heterocycles. The summed E-state index contributed by atoms with van der Waals surface area (Å²) in [5, 5.41) is 20.5. The highest BCUT2D eigenvalue weighted by Gasteiger charge is 2.25. The van der Waals surface area contributed by atoms with E-state index in [1.54, 1.807) is 0 Å². The number of hydrogen-bond donors (Lipinski definition) is 3. The van der Waals surface area contributed by atoms with Gasteiger partial charge in [0.05, 0.1) is 5.92 Å². The first-order valence-corrected chi connectivity index (χ1v) is 7.20. The molecule has 0 aliphatic heterocycles. The van der Waals surface area contributed by atoms with Crippen LogP contribution in [0, 0.1) is 5.92 Å². The summed E-state index contributed by atoms with van der Waals surface area (Å²) in [4.78, 5) is 22.9. The lowest BCUT2D eigenvalue weighted by Gasteiger charge is -2.23. The summed E-state index contributed by atoms with van der Waals surface area (Å²) in [7, 11) is 0. The van der Waals surface area contributed by atoms with E-state index in [9.17, 15) is 14.7 Å². The smallest absolute Gasteiger partial charge is 0.332 e. The third-order valence-electron chi connectivity index (χ3n) is 3.66. The number of carbonyl (C=O) groups excluding carboxylic acids is 1. The van der Waals surface area contributed by atoms with E-state index in [2.05, 4.69) is 5.32 Å². The number of carbonyl (C=O) groups is 2. The molecule has 0 bridgehead atoms. The molecule has 0 saturated carbocycles. The van der Waals surface area contributed by atoms with Crippen molar-refractivity contribution in [2.75, 3.05) is 6.54 Å². The van der Waals surface area contributed by atoms with Crippen molar-refractivity contribution in [3.05, 3.63) is 35.9 Å². The summed E-state index contributed by atoms with van der Waals surface area (Å²) in [6.07, 6.45) is -0.572. The van der Waals surface area contributed by atoms with Gasteiger partial charge in [-0.2, -0.15) is 0 Å². The summed E-state index contributed by atoms with van der Waals surface area (Å²) >= 11 is 0. The SMILES string of the molecule is CCC(C)C(C(=O)NCCC(O)C(=O)O)c1ccccc1. The molecular weight excluding hydrogens is 270 g/mol. The number of hydrogen-bond acceptors (Lipinski definition) is 3. The number of carboxylic acid groups (broad SMARTS) is 1. The second-order valence-corrected chi connectivity index (χ2v) is 5.21. The maximum atomic E-state index is 12.4. The van der Waals surface area contributed by atoms with Gasteiger partial charge in [-0.05, 0) is 11.5 Å². The summed E-state index contributed by atoms with van der Waals surface area (Å²) in [5.74, 6) is -1.49. The number of rotatable bonds is 8. The Kier molecular flexibility index (Phi) is 6.88. The molecule has 3 unspecified atom stereocenters. The summed E-state index contributed by atoms with van der Waals surface area (Å²) in [6.45, 7) is 4.19. The summed E-state index contributed by atoms with van der Waals surface area (Å²) in [5.41, 5.74) is 0.947. The molecule has 1 rings (SSSR count). The number of aliphatic hydroxyl groups excluding tert-OH is 1. The van der Waals surface area contributed by atoms with Crippen molar-refractivity contribution < 1.29 is 19.8 Å². The highest BCUT2D eigenvalue weighted by atomic mass is 16.4. The predicted molar refractivity (Wildman–Crippen MR) is 79.9 cm³/mol. The van der Waals surface area contributed by atoms with E-state index in [0.29, 0.717) is 0 Å². The van der Waals surface area contributed by atoms with Gasteiger partial charge >= 0.3 is 5.97 Å². The Hall–Kier alpha value is -1.88. The molecule has 0 aliphatic rings. The molecule has 1 aromatic rings. The van der Waals surface area contributed by atoms with Crippen molar-refractivity contribution in [3.8, 4) is 0 Å². The first-order chi connectivity index (χ1) is 9.97. The van der Waals surface area contributed by atoms with Gasteiger partial charge in [0, 0.05) is 13.0 Å². The number of nitrogens with one attached hydrogen (secondary N) is 1. The van der Waals surface area contributed by atoms with Crippen LogP contribution >= 0.6 is 0 Å². The molecule has 5 nitrogen and oxygen atoms in total. The molecule has 0 spiro atoms. The fourth-order valence-corrected chi connectivity index (χ4v) is 2.20. The Labute approximate surface area is 125 Å². The normalized spacial score (nSPS) is 15.0. The van der Waals surface area contributed by atoms with E-state index >= 15 is 0 Å². The van der Waals surface area contributed by atoms with Crippen LogP contribution < -0.4 is 5.32 Å². The van der Waals surface area contributed by atoms with Crippen LogP contribution in [0.2, 0.25) is 0 Å². The minimum absolute atomic E-state index is 0.00306. The minimum atomic E-state index is -1.44. The maximum absolute atomic E-state index is 12.4. The molecule has 0 fully saturated rings. The van der Waals surface area contributed by atoms with Gasteiger partial charge in [-0.3, -0.25) is 4.79 Å². The van der Waals surface area contributed by atoms with Gasteiger partial charge in [0.1, 0.15) is 0 Å². The zero-order chi connectivity index (χ0) is 15.8. The lowest BCUT2D eigenvalue weighted by Crippen LogP contribution is -2.35. The van der Waals surface area contributed by atoms with Gasteiger partial charge in [0.25, 0.3) is 0 Å². The van der Waals surface area contributed by atoms with Crippen LogP contribution in [0.4, 0.5) is 0 Å². The number of carboxylic acids is 1. The van der Waals surface area contributed by atoms with Gasteiger partial charge in [0.2, 0.25) is 5.91 Å². The van der Waals surface area contributed by atoms with E-state index in [4.69, 9.17) is 5.11 Å². The van der Waals surface area contributed by atoms with Crippen LogP contribution in [-0.4, -0.2) is 34.7 Å². The first-order valence-electron chi connectivity index (χ1n) is 7.20. The molecular formula is C16H23NO4. The van der Waals surface area contributed by atoms with E-state index in [1.165, 1.54) is 0 Å². The molecule has 0 saturated heterocycles. The molecule has 0 radical (unpaired) electrons. The molecule has 116 valence electrons. The molecule has 0 aliphatic carbocycles. The van der Waals surface area contributed by atoms with Gasteiger partial charge in [0.15, 0.2) is 6.10 Å². The zero-order valence-electron chi connectivity index (χ0n) is 12.5. The van der Waals surface area contributed by atoms with Crippen molar-refractivity contribution in [3.63, 3.8) is 0 Å². The quantitative estimate of drug-likeness (QED) is 0.681. The lowest BCUT2D eigenvalue weighted by atomic mass is 9.85. The average Bonchev–Trinajstić information content (AvgIpc) is 2.48. The second-order valence-electron chi connectivity index (χ2n) is 5.21. The van der Waals surface area contributed by atoms with Gasteiger partial charge in [-0.1, -0.05) is 50.6 Å². The Morgan fingerprint density at radius 2 is 1.86 bits per heavy atom. The van der Waals surface area contributed by atoms with Crippen LogP contribution in [0.1, 0.15) is 38.2 Å². The fraction of sp³-hybridized carbons (Fsp3) is 0.500. The van der Waals surface area contributed by atoms with Crippen molar-refractivity contribution in [1.29, 1.82) is 0 Å². The van der Waals surface area contributed by atoms with Gasteiger partial charge < -0.3 is 15.5 Å². The standard InChI is InChI=1S/C16H23NO4/c1-3-11(2)14(12-7-5-4-6-8-12)15(19)17-10-9-13(18)16(20)21/h4-8,11,13-14,18H,3,9-10H2,1-2H3,(H,17,19)(H,20,21). The average molecular weight is 293 g/mol. The summed E-state index contributed by atoms with van der Waals surface area (Å²) in [6, 6.07) is 9.53. The lowest BCUT2D eigenvalue weighted by molar-refractivity contribution is -0.147. The minimum Gasteiger partial charge on any atom is -0.479 e. The largest absolute Gasteiger partial charge is 0.479 e. The number of aliphatic carboxylic acids is 1. The van der Waals surface area contributed by atoms with E-state index < -0.39 is 12.1 Å². The van der Waals surface area contributed by atoms with E-state index in [1.807, 2.05) is 44.2 Å². The molecule has 3 atom stereocenters. The van der Waals surface area contributed by atoms with Crippen molar-refractivity contribution in [1.82, 2.24) is 5.32 Å². The molecule has 1 amide bonds. The second kappa shape index (κ2) is 8.42. The zero-order valence-corrected chi connectivity index (χ0v) is 12.5. The monoisotopic (exact) mass is 293 g/mol. The predicted octanol–water partition coefficient (Wildman–Crippen LogP) is 1.77. The third-order valence-corrected chi connectivity index (χ3v) is 3.66. The molecule has 0 aromatic heterocycles. The number of benzene rings is 1. The van der Waals surface area contributed by atoms with Crippen LogP contribution in [0.25, 0.3) is 0 Å². The number of aliphatic hydroxyl groups is 1. The summed E-state index contributed by atoms with van der Waals surface area (Å²) < 4.78 is 0. The fourth-order valence-electron chi connectivity index (χ4n) is 2.20. The van der Waals surface area contributed by atoms with Crippen LogP contribution in [0.5, 0.6) is 0 Å². The highest BCUT2D eigenvalue weighted by Crippen LogP contribution is 2.27. The van der Waals surface area contributed by atoms with E-state index in [-0.39, 0.29) is 30.7 Å². The molecule has 21 heavy (non-hydrogen) atoms. The number of amides is 1. The maximum Gasteiger partial charge on any atom is 0.332 e. The van der Waals surface area contributed by atoms with E-state index in [0.717, 1.165) is 12.0 Å². The van der Waals surface area contributed by atoms with Crippen molar-refractivity contribution >= 4 is 11.9 Å². The highest BCUT2D eigenvalue weighted by molar-refractivity contribution is 5.84. The first kappa shape index (κ1) is 17.2. The van der Waals surface area contributed by atoms with Crippen molar-refractivity contribution in [2.45, 2.75) is 38.7 Å².